The number of hydrogen-bond donors (Lipinski definition) is 5. The second-order valence-electron chi connectivity index (χ2n) is 5.92. The molecule has 0 aromatic carbocycles. The summed E-state index contributed by atoms with van der Waals surface area (Å²) in [7, 11) is 0. The first-order valence-corrected chi connectivity index (χ1v) is 8.42. The van der Waals surface area contributed by atoms with Crippen molar-refractivity contribution in [2.75, 3.05) is 6.54 Å². The number of hydrazine groups is 1. The van der Waals surface area contributed by atoms with Gasteiger partial charge < -0.3 is 15.6 Å². The minimum atomic E-state index is -0.404. The highest BCUT2D eigenvalue weighted by Crippen LogP contribution is 2.17. The Balaban J connectivity index is 1.51. The van der Waals surface area contributed by atoms with Crippen LogP contribution in [0, 0.1) is 0 Å². The van der Waals surface area contributed by atoms with Crippen molar-refractivity contribution >= 4 is 17.8 Å². The van der Waals surface area contributed by atoms with Crippen LogP contribution >= 0.6 is 0 Å². The molecule has 24 heavy (non-hydrogen) atoms. The van der Waals surface area contributed by atoms with E-state index in [0.717, 1.165) is 12.8 Å². The summed E-state index contributed by atoms with van der Waals surface area (Å²) in [4.78, 5) is 37.7. The Morgan fingerprint density at radius 2 is 1.92 bits per heavy atom. The molecule has 1 fully saturated rings. The van der Waals surface area contributed by atoms with Crippen molar-refractivity contribution in [1.29, 1.82) is 0 Å². The van der Waals surface area contributed by atoms with E-state index in [9.17, 15) is 14.4 Å². The van der Waals surface area contributed by atoms with Crippen LogP contribution < -0.4 is 21.5 Å². The largest absolute Gasteiger partial charge is 0.357 e. The minimum Gasteiger partial charge on any atom is -0.357 e. The second-order valence-corrected chi connectivity index (χ2v) is 5.92. The van der Waals surface area contributed by atoms with Gasteiger partial charge in [0.25, 0.3) is 5.91 Å². The molecule has 1 saturated carbocycles. The molecule has 0 atom stereocenters. The van der Waals surface area contributed by atoms with E-state index in [-0.39, 0.29) is 24.4 Å². The van der Waals surface area contributed by atoms with Gasteiger partial charge in [0.15, 0.2) is 0 Å². The van der Waals surface area contributed by atoms with Gasteiger partial charge >= 0.3 is 6.03 Å². The Kier molecular flexibility index (Phi) is 7.13. The number of nitrogens with one attached hydrogen (secondary N) is 5. The number of hydrogen-bond acceptors (Lipinski definition) is 3. The molecular weight excluding hydrogens is 310 g/mol. The van der Waals surface area contributed by atoms with Gasteiger partial charge in [0.1, 0.15) is 5.69 Å². The third kappa shape index (κ3) is 6.31. The number of carbonyl (C=O) groups excluding carboxylic acids is 3. The average molecular weight is 335 g/mol. The number of aromatic amines is 1. The molecule has 8 nitrogen and oxygen atoms in total. The van der Waals surface area contributed by atoms with E-state index in [1.54, 1.807) is 18.3 Å². The summed E-state index contributed by atoms with van der Waals surface area (Å²) in [6.07, 6.45) is 8.00. The SMILES string of the molecule is O=C(CCCNC(=O)NC1CCCCC1)NNC(=O)c1ccc[nH]1. The predicted molar refractivity (Wildman–Crippen MR) is 89.0 cm³/mol. The maximum absolute atomic E-state index is 11.7. The molecule has 1 aliphatic carbocycles. The first kappa shape index (κ1) is 17.8. The zero-order chi connectivity index (χ0) is 17.2. The van der Waals surface area contributed by atoms with E-state index < -0.39 is 5.91 Å². The highest BCUT2D eigenvalue weighted by Gasteiger charge is 2.15. The van der Waals surface area contributed by atoms with E-state index in [0.29, 0.717) is 18.7 Å². The molecule has 0 aliphatic heterocycles. The number of rotatable bonds is 6. The molecule has 0 spiro atoms. The van der Waals surface area contributed by atoms with Crippen LogP contribution in [0.5, 0.6) is 0 Å². The van der Waals surface area contributed by atoms with Crippen molar-refractivity contribution in [2.24, 2.45) is 0 Å². The van der Waals surface area contributed by atoms with Crippen molar-refractivity contribution in [3.63, 3.8) is 0 Å². The highest BCUT2D eigenvalue weighted by molar-refractivity contribution is 5.93. The van der Waals surface area contributed by atoms with Crippen LogP contribution in [0.25, 0.3) is 0 Å². The monoisotopic (exact) mass is 335 g/mol. The lowest BCUT2D eigenvalue weighted by Crippen LogP contribution is -2.44. The Hall–Kier alpha value is -2.51. The molecule has 8 heteroatoms. The van der Waals surface area contributed by atoms with Crippen LogP contribution in [-0.2, 0) is 4.79 Å². The summed E-state index contributed by atoms with van der Waals surface area (Å²) in [6, 6.07) is 3.39. The standard InChI is InChI=1S/C16H25N5O3/c22-14(20-21-15(23)13-8-4-10-17-13)9-5-11-18-16(24)19-12-6-2-1-3-7-12/h4,8,10,12,17H,1-3,5-7,9,11H2,(H,20,22)(H,21,23)(H2,18,19,24). The van der Waals surface area contributed by atoms with Gasteiger partial charge in [-0.15, -0.1) is 0 Å². The molecule has 2 rings (SSSR count). The van der Waals surface area contributed by atoms with Crippen molar-refractivity contribution < 1.29 is 14.4 Å². The van der Waals surface area contributed by atoms with E-state index in [1.807, 2.05) is 0 Å². The average Bonchev–Trinajstić information content (AvgIpc) is 3.12. The fraction of sp³-hybridized carbons (Fsp3) is 0.562. The summed E-state index contributed by atoms with van der Waals surface area (Å²) in [5.41, 5.74) is 5.03. The lowest BCUT2D eigenvalue weighted by atomic mass is 9.96. The normalized spacial score (nSPS) is 14.7. The molecular formula is C16H25N5O3. The number of aromatic nitrogens is 1. The third-order valence-electron chi connectivity index (χ3n) is 3.96. The lowest BCUT2D eigenvalue weighted by Gasteiger charge is -2.22. The topological polar surface area (TPSA) is 115 Å². The van der Waals surface area contributed by atoms with Gasteiger partial charge in [0.2, 0.25) is 5.91 Å². The molecule has 0 unspecified atom stereocenters. The van der Waals surface area contributed by atoms with Gasteiger partial charge in [0, 0.05) is 25.2 Å². The highest BCUT2D eigenvalue weighted by atomic mass is 16.2. The Morgan fingerprint density at radius 3 is 2.62 bits per heavy atom. The van der Waals surface area contributed by atoms with Crippen molar-refractivity contribution in [3.05, 3.63) is 24.0 Å². The molecule has 0 radical (unpaired) electrons. The minimum absolute atomic E-state index is 0.178. The Labute approximate surface area is 141 Å². The molecule has 5 N–H and O–H groups in total. The van der Waals surface area contributed by atoms with Crippen molar-refractivity contribution in [1.82, 2.24) is 26.5 Å². The third-order valence-corrected chi connectivity index (χ3v) is 3.96. The summed E-state index contributed by atoms with van der Waals surface area (Å²) < 4.78 is 0. The summed E-state index contributed by atoms with van der Waals surface area (Å²) in [6.45, 7) is 0.413. The van der Waals surface area contributed by atoms with Gasteiger partial charge in [-0.1, -0.05) is 19.3 Å². The van der Waals surface area contributed by atoms with Gasteiger partial charge in [0.05, 0.1) is 0 Å². The van der Waals surface area contributed by atoms with Crippen LogP contribution in [0.1, 0.15) is 55.4 Å². The maximum atomic E-state index is 11.7. The Bertz CT molecular complexity index is 538. The fourth-order valence-corrected chi connectivity index (χ4v) is 2.66. The molecule has 1 aliphatic rings. The van der Waals surface area contributed by atoms with Gasteiger partial charge in [-0.05, 0) is 31.4 Å². The zero-order valence-electron chi connectivity index (χ0n) is 13.7. The zero-order valence-corrected chi connectivity index (χ0v) is 13.7. The number of urea groups is 1. The van der Waals surface area contributed by atoms with Crippen LogP contribution in [-0.4, -0.2) is 35.4 Å². The van der Waals surface area contributed by atoms with E-state index in [2.05, 4.69) is 26.5 Å². The van der Waals surface area contributed by atoms with E-state index in [4.69, 9.17) is 0 Å². The first-order valence-electron chi connectivity index (χ1n) is 8.42. The molecule has 132 valence electrons. The quantitative estimate of drug-likeness (QED) is 0.397. The predicted octanol–water partition coefficient (Wildman–Crippen LogP) is 1.19. The molecule has 0 saturated heterocycles. The molecule has 1 heterocycles. The number of H-pyrrole nitrogens is 1. The molecule has 1 aromatic rings. The summed E-state index contributed by atoms with van der Waals surface area (Å²) >= 11 is 0. The van der Waals surface area contributed by atoms with Gasteiger partial charge in [-0.2, -0.15) is 0 Å². The molecule has 4 amide bonds. The lowest BCUT2D eigenvalue weighted by molar-refractivity contribution is -0.121. The second kappa shape index (κ2) is 9.59. The van der Waals surface area contributed by atoms with E-state index in [1.165, 1.54) is 19.3 Å². The summed E-state index contributed by atoms with van der Waals surface area (Å²) in [5, 5.41) is 5.70. The van der Waals surface area contributed by atoms with Gasteiger partial charge in [-0.25, -0.2) is 4.79 Å². The van der Waals surface area contributed by atoms with Crippen LogP contribution in [0.4, 0.5) is 4.79 Å². The molecule has 0 bridgehead atoms. The Morgan fingerprint density at radius 1 is 1.12 bits per heavy atom. The van der Waals surface area contributed by atoms with Crippen molar-refractivity contribution in [2.45, 2.75) is 51.0 Å². The van der Waals surface area contributed by atoms with Crippen molar-refractivity contribution in [3.8, 4) is 0 Å². The molecule has 1 aromatic heterocycles. The summed E-state index contributed by atoms with van der Waals surface area (Å²) in [5.74, 6) is -0.706. The van der Waals surface area contributed by atoms with Crippen LogP contribution in [0.15, 0.2) is 18.3 Å². The maximum Gasteiger partial charge on any atom is 0.315 e. The van der Waals surface area contributed by atoms with Crippen LogP contribution in [0.3, 0.4) is 0 Å². The smallest absolute Gasteiger partial charge is 0.315 e. The van der Waals surface area contributed by atoms with Crippen LogP contribution in [0.2, 0.25) is 0 Å². The fourth-order valence-electron chi connectivity index (χ4n) is 2.66. The van der Waals surface area contributed by atoms with Gasteiger partial charge in [-0.3, -0.25) is 20.4 Å². The number of carbonyl (C=O) groups is 3. The number of amides is 4. The van der Waals surface area contributed by atoms with E-state index >= 15 is 0 Å². The first-order chi connectivity index (χ1) is 11.6.